The van der Waals surface area contributed by atoms with Gasteiger partial charge in [0.2, 0.25) is 5.91 Å². The Morgan fingerprint density at radius 2 is 2.40 bits per heavy atom. The van der Waals surface area contributed by atoms with Crippen LogP contribution >= 0.6 is 0 Å². The summed E-state index contributed by atoms with van der Waals surface area (Å²) >= 11 is 0. The molecule has 2 fully saturated rings. The Labute approximate surface area is 117 Å². The van der Waals surface area contributed by atoms with Gasteiger partial charge in [0.05, 0.1) is 12.1 Å². The number of rotatable bonds is 3. The van der Waals surface area contributed by atoms with E-state index in [4.69, 9.17) is 10.5 Å². The first-order valence-electron chi connectivity index (χ1n) is 6.95. The number of aromatic nitrogens is 3. The van der Waals surface area contributed by atoms with Gasteiger partial charge in [0.15, 0.2) is 0 Å². The van der Waals surface area contributed by atoms with E-state index >= 15 is 0 Å². The number of amides is 1. The molecule has 1 aliphatic carbocycles. The van der Waals surface area contributed by atoms with Gasteiger partial charge in [-0.2, -0.15) is 5.10 Å². The molecule has 2 aliphatic rings. The van der Waals surface area contributed by atoms with Crippen LogP contribution in [0.15, 0.2) is 6.33 Å². The smallest absolute Gasteiger partial charge is 0.241 e. The summed E-state index contributed by atoms with van der Waals surface area (Å²) in [6.07, 6.45) is 2.35. The van der Waals surface area contributed by atoms with Crippen LogP contribution in [-0.4, -0.2) is 39.3 Å². The van der Waals surface area contributed by atoms with Gasteiger partial charge in [-0.25, -0.2) is 4.98 Å². The maximum Gasteiger partial charge on any atom is 0.241 e. The van der Waals surface area contributed by atoms with Crippen LogP contribution in [0.4, 0.5) is 0 Å². The van der Waals surface area contributed by atoms with Crippen LogP contribution in [-0.2, 0) is 9.53 Å². The molecule has 0 aromatic carbocycles. The lowest BCUT2D eigenvalue weighted by molar-refractivity contribution is -0.176. The minimum absolute atomic E-state index is 0.0823. The van der Waals surface area contributed by atoms with E-state index in [9.17, 15) is 4.79 Å². The van der Waals surface area contributed by atoms with Crippen LogP contribution in [0.25, 0.3) is 0 Å². The molecule has 1 aliphatic heterocycles. The number of H-pyrrole nitrogens is 1. The highest BCUT2D eigenvalue weighted by Gasteiger charge is 2.71. The number of hydrogen-bond donors (Lipinski definition) is 3. The predicted molar refractivity (Wildman–Crippen MR) is 71.5 cm³/mol. The molecule has 1 aromatic rings. The second-order valence-electron chi connectivity index (χ2n) is 6.34. The molecular formula is C13H21N5O2. The highest BCUT2D eigenvalue weighted by Crippen LogP contribution is 2.58. The van der Waals surface area contributed by atoms with Gasteiger partial charge in [-0.1, -0.05) is 13.8 Å². The van der Waals surface area contributed by atoms with E-state index < -0.39 is 5.54 Å². The Morgan fingerprint density at radius 1 is 1.65 bits per heavy atom. The monoisotopic (exact) mass is 279 g/mol. The van der Waals surface area contributed by atoms with Gasteiger partial charge in [0, 0.05) is 17.9 Å². The Hall–Kier alpha value is -1.47. The van der Waals surface area contributed by atoms with Crippen molar-refractivity contribution in [1.82, 2.24) is 20.5 Å². The molecule has 2 heterocycles. The first kappa shape index (κ1) is 13.5. The van der Waals surface area contributed by atoms with Gasteiger partial charge < -0.3 is 15.8 Å². The minimum Gasteiger partial charge on any atom is -0.377 e. The standard InChI is InChI=1S/C13H21N5O2/c1-7(10-15-6-16-18-10)17-11(19)13(14)8-4-5-20-9(8)12(13,2)3/h6-9H,4-5,14H2,1-3H3,(H,17,19)(H,15,16,18). The van der Waals surface area contributed by atoms with E-state index in [0.29, 0.717) is 12.4 Å². The van der Waals surface area contributed by atoms with Gasteiger partial charge in [-0.15, -0.1) is 0 Å². The summed E-state index contributed by atoms with van der Waals surface area (Å²) in [4.78, 5) is 16.7. The average Bonchev–Trinajstić information content (AvgIpc) is 3.07. The number of carbonyl (C=O) groups is 1. The number of ether oxygens (including phenoxy) is 1. The largest absolute Gasteiger partial charge is 0.377 e. The molecule has 4 atom stereocenters. The zero-order chi connectivity index (χ0) is 14.5. The van der Waals surface area contributed by atoms with Gasteiger partial charge in [0.1, 0.15) is 17.7 Å². The molecule has 1 saturated heterocycles. The number of nitrogens with zero attached hydrogens (tertiary/aromatic N) is 2. The van der Waals surface area contributed by atoms with Crippen LogP contribution in [0.3, 0.4) is 0 Å². The molecule has 1 saturated carbocycles. The minimum atomic E-state index is -0.886. The third-order valence-corrected chi connectivity index (χ3v) is 5.02. The fraction of sp³-hybridized carbons (Fsp3) is 0.769. The first-order valence-corrected chi connectivity index (χ1v) is 6.95. The van der Waals surface area contributed by atoms with Crippen molar-refractivity contribution in [2.24, 2.45) is 17.1 Å². The molecule has 20 heavy (non-hydrogen) atoms. The van der Waals surface area contributed by atoms with E-state index in [2.05, 4.69) is 20.5 Å². The normalized spacial score (nSPS) is 36.0. The molecule has 0 radical (unpaired) electrons. The Morgan fingerprint density at radius 3 is 3.05 bits per heavy atom. The lowest BCUT2D eigenvalue weighted by Crippen LogP contribution is -2.80. The molecular weight excluding hydrogens is 258 g/mol. The molecule has 1 amide bonds. The van der Waals surface area contributed by atoms with Crippen molar-refractivity contribution >= 4 is 5.91 Å². The second-order valence-corrected chi connectivity index (χ2v) is 6.34. The fourth-order valence-corrected chi connectivity index (χ4v) is 3.65. The quantitative estimate of drug-likeness (QED) is 0.729. The predicted octanol–water partition coefficient (Wildman–Crippen LogP) is 0.124. The lowest BCUT2D eigenvalue weighted by atomic mass is 9.48. The van der Waals surface area contributed by atoms with Gasteiger partial charge >= 0.3 is 0 Å². The van der Waals surface area contributed by atoms with Crippen LogP contribution in [0.1, 0.15) is 39.1 Å². The van der Waals surface area contributed by atoms with Crippen molar-refractivity contribution in [1.29, 1.82) is 0 Å². The van der Waals surface area contributed by atoms with Crippen molar-refractivity contribution in [3.8, 4) is 0 Å². The zero-order valence-corrected chi connectivity index (χ0v) is 12.0. The van der Waals surface area contributed by atoms with Crippen molar-refractivity contribution in [3.63, 3.8) is 0 Å². The van der Waals surface area contributed by atoms with E-state index in [1.54, 1.807) is 0 Å². The molecule has 4 unspecified atom stereocenters. The van der Waals surface area contributed by atoms with E-state index in [1.165, 1.54) is 6.33 Å². The molecule has 110 valence electrons. The van der Waals surface area contributed by atoms with Crippen molar-refractivity contribution in [2.75, 3.05) is 6.61 Å². The molecule has 7 nitrogen and oxygen atoms in total. The molecule has 1 aromatic heterocycles. The summed E-state index contributed by atoms with van der Waals surface area (Å²) in [5.41, 5.74) is 5.22. The van der Waals surface area contributed by atoms with Crippen molar-refractivity contribution < 1.29 is 9.53 Å². The molecule has 0 spiro atoms. The van der Waals surface area contributed by atoms with Crippen LogP contribution < -0.4 is 11.1 Å². The zero-order valence-electron chi connectivity index (χ0n) is 12.0. The summed E-state index contributed by atoms with van der Waals surface area (Å²) in [6.45, 7) is 6.54. The summed E-state index contributed by atoms with van der Waals surface area (Å²) in [6, 6.07) is -0.248. The summed E-state index contributed by atoms with van der Waals surface area (Å²) in [5, 5.41) is 9.49. The van der Waals surface area contributed by atoms with Gasteiger partial charge in [-0.3, -0.25) is 9.89 Å². The van der Waals surface area contributed by atoms with Crippen LogP contribution in [0.5, 0.6) is 0 Å². The second kappa shape index (κ2) is 4.26. The van der Waals surface area contributed by atoms with Crippen LogP contribution in [0, 0.1) is 11.3 Å². The molecule has 0 bridgehead atoms. The van der Waals surface area contributed by atoms with Gasteiger partial charge in [-0.05, 0) is 13.3 Å². The maximum atomic E-state index is 12.7. The Kier molecular flexibility index (Phi) is 2.88. The number of fused-ring (bicyclic) bond motifs is 1. The topological polar surface area (TPSA) is 106 Å². The molecule has 7 heteroatoms. The third-order valence-electron chi connectivity index (χ3n) is 5.02. The Balaban J connectivity index is 1.77. The number of hydrogen-bond acceptors (Lipinski definition) is 5. The Bertz CT molecular complexity index is 515. The fourth-order valence-electron chi connectivity index (χ4n) is 3.65. The molecule has 4 N–H and O–H groups in total. The SMILES string of the molecule is CC(NC(=O)C1(N)C2CCOC2C1(C)C)c1ncn[nH]1. The van der Waals surface area contributed by atoms with Crippen molar-refractivity contribution in [3.05, 3.63) is 12.2 Å². The summed E-state index contributed by atoms with van der Waals surface area (Å²) in [7, 11) is 0. The van der Waals surface area contributed by atoms with E-state index in [0.717, 1.165) is 6.42 Å². The molecule has 3 rings (SSSR count). The summed E-state index contributed by atoms with van der Waals surface area (Å²) in [5.74, 6) is 0.580. The summed E-state index contributed by atoms with van der Waals surface area (Å²) < 4.78 is 5.70. The van der Waals surface area contributed by atoms with Crippen LogP contribution in [0.2, 0.25) is 0 Å². The number of carbonyl (C=O) groups excluding carboxylic acids is 1. The lowest BCUT2D eigenvalue weighted by Gasteiger charge is -2.60. The van der Waals surface area contributed by atoms with E-state index in [1.807, 2.05) is 20.8 Å². The number of nitrogens with two attached hydrogens (primary N) is 1. The number of aromatic amines is 1. The first-order chi connectivity index (χ1) is 9.39. The third kappa shape index (κ3) is 1.56. The van der Waals surface area contributed by atoms with E-state index in [-0.39, 0.29) is 29.4 Å². The van der Waals surface area contributed by atoms with Crippen molar-refractivity contribution in [2.45, 2.75) is 44.9 Å². The highest BCUT2D eigenvalue weighted by atomic mass is 16.5. The highest BCUT2D eigenvalue weighted by molar-refractivity contribution is 5.89. The van der Waals surface area contributed by atoms with Gasteiger partial charge in [0.25, 0.3) is 0 Å². The average molecular weight is 279 g/mol. The maximum absolute atomic E-state index is 12.7. The number of nitrogens with one attached hydrogen (secondary N) is 2.